The van der Waals surface area contributed by atoms with E-state index in [4.69, 9.17) is 0 Å². The number of likely N-dealkylation sites (tertiary alicyclic amines) is 1. The molecule has 1 aromatic rings. The van der Waals surface area contributed by atoms with Crippen LogP contribution >= 0.6 is 0 Å². The molecule has 2 aliphatic heterocycles. The SMILES string of the molecule is Cc1cccnc1C(=O)N1C[C@@H]2CCCN[C@@H]2C1. The second-order valence-corrected chi connectivity index (χ2v) is 5.34. The second-order valence-electron chi connectivity index (χ2n) is 5.34. The Hall–Kier alpha value is -1.42. The van der Waals surface area contributed by atoms with Crippen molar-refractivity contribution in [3.05, 3.63) is 29.6 Å². The average molecular weight is 245 g/mol. The van der Waals surface area contributed by atoms with Gasteiger partial charge in [0.1, 0.15) is 5.69 Å². The van der Waals surface area contributed by atoms with Crippen LogP contribution in [0.15, 0.2) is 18.3 Å². The summed E-state index contributed by atoms with van der Waals surface area (Å²) in [6, 6.07) is 4.31. The summed E-state index contributed by atoms with van der Waals surface area (Å²) in [5, 5.41) is 3.52. The molecule has 96 valence electrons. The molecular formula is C14H19N3O. The molecular weight excluding hydrogens is 226 g/mol. The van der Waals surface area contributed by atoms with Gasteiger partial charge in [-0.25, -0.2) is 0 Å². The molecule has 0 saturated carbocycles. The first-order chi connectivity index (χ1) is 8.75. The van der Waals surface area contributed by atoms with Crippen LogP contribution in [-0.4, -0.2) is 41.5 Å². The molecule has 0 unspecified atom stereocenters. The van der Waals surface area contributed by atoms with E-state index in [1.165, 1.54) is 12.8 Å². The Labute approximate surface area is 107 Å². The standard InChI is InChI=1S/C14H19N3O/c1-10-4-2-7-16-13(10)14(18)17-8-11-5-3-6-15-12(11)9-17/h2,4,7,11-12,15H,3,5-6,8-9H2,1H3/t11-,12+/m0/s1. The van der Waals surface area contributed by atoms with Crippen molar-refractivity contribution in [2.24, 2.45) is 5.92 Å². The van der Waals surface area contributed by atoms with Gasteiger partial charge in [0.2, 0.25) is 0 Å². The van der Waals surface area contributed by atoms with Gasteiger partial charge in [0, 0.05) is 25.3 Å². The number of nitrogens with zero attached hydrogens (tertiary/aromatic N) is 2. The van der Waals surface area contributed by atoms with Crippen LogP contribution in [0.3, 0.4) is 0 Å². The number of hydrogen-bond donors (Lipinski definition) is 1. The number of carbonyl (C=O) groups is 1. The fourth-order valence-corrected chi connectivity index (χ4v) is 3.07. The molecule has 0 spiro atoms. The molecule has 2 atom stereocenters. The molecule has 2 saturated heterocycles. The Bertz CT molecular complexity index is 446. The summed E-state index contributed by atoms with van der Waals surface area (Å²) in [7, 11) is 0. The van der Waals surface area contributed by atoms with E-state index < -0.39 is 0 Å². The number of amides is 1. The number of aromatic nitrogens is 1. The molecule has 3 rings (SSSR count). The number of rotatable bonds is 1. The van der Waals surface area contributed by atoms with Crippen LogP contribution in [0.1, 0.15) is 28.9 Å². The third-order valence-electron chi connectivity index (χ3n) is 4.10. The number of fused-ring (bicyclic) bond motifs is 1. The fourth-order valence-electron chi connectivity index (χ4n) is 3.07. The Kier molecular flexibility index (Phi) is 3.04. The summed E-state index contributed by atoms with van der Waals surface area (Å²) in [6.07, 6.45) is 4.16. The van der Waals surface area contributed by atoms with Crippen LogP contribution in [0.25, 0.3) is 0 Å². The fraction of sp³-hybridized carbons (Fsp3) is 0.571. The van der Waals surface area contributed by atoms with Crippen molar-refractivity contribution in [3.63, 3.8) is 0 Å². The quantitative estimate of drug-likeness (QED) is 0.809. The highest BCUT2D eigenvalue weighted by molar-refractivity contribution is 5.93. The highest BCUT2D eigenvalue weighted by Gasteiger charge is 2.37. The lowest BCUT2D eigenvalue weighted by atomic mass is 9.94. The molecule has 2 aliphatic rings. The van der Waals surface area contributed by atoms with Crippen LogP contribution in [0.4, 0.5) is 0 Å². The smallest absolute Gasteiger partial charge is 0.272 e. The van der Waals surface area contributed by atoms with Crippen LogP contribution in [0, 0.1) is 12.8 Å². The van der Waals surface area contributed by atoms with Gasteiger partial charge in [-0.05, 0) is 43.9 Å². The van der Waals surface area contributed by atoms with E-state index in [9.17, 15) is 4.79 Å². The van der Waals surface area contributed by atoms with Crippen LogP contribution in [0.5, 0.6) is 0 Å². The van der Waals surface area contributed by atoms with Crippen molar-refractivity contribution in [1.29, 1.82) is 0 Å². The van der Waals surface area contributed by atoms with Crippen molar-refractivity contribution >= 4 is 5.91 Å². The van der Waals surface area contributed by atoms with E-state index in [1.807, 2.05) is 24.0 Å². The zero-order chi connectivity index (χ0) is 12.5. The Morgan fingerprint density at radius 2 is 2.39 bits per heavy atom. The second kappa shape index (κ2) is 4.69. The lowest BCUT2D eigenvalue weighted by Gasteiger charge is -2.24. The van der Waals surface area contributed by atoms with Crippen molar-refractivity contribution in [2.45, 2.75) is 25.8 Å². The molecule has 0 radical (unpaired) electrons. The Morgan fingerprint density at radius 1 is 1.50 bits per heavy atom. The minimum absolute atomic E-state index is 0.0873. The minimum Gasteiger partial charge on any atom is -0.335 e. The minimum atomic E-state index is 0.0873. The first-order valence-electron chi connectivity index (χ1n) is 6.70. The predicted molar refractivity (Wildman–Crippen MR) is 69.4 cm³/mol. The number of nitrogens with one attached hydrogen (secondary N) is 1. The monoisotopic (exact) mass is 245 g/mol. The number of carbonyl (C=O) groups excluding carboxylic acids is 1. The van der Waals surface area contributed by atoms with Crippen molar-refractivity contribution in [1.82, 2.24) is 15.2 Å². The van der Waals surface area contributed by atoms with Gasteiger partial charge in [-0.2, -0.15) is 0 Å². The summed E-state index contributed by atoms with van der Waals surface area (Å²) in [5.74, 6) is 0.719. The third-order valence-corrected chi connectivity index (χ3v) is 4.10. The highest BCUT2D eigenvalue weighted by Crippen LogP contribution is 2.26. The topological polar surface area (TPSA) is 45.2 Å². The zero-order valence-corrected chi connectivity index (χ0v) is 10.7. The molecule has 18 heavy (non-hydrogen) atoms. The van der Waals surface area contributed by atoms with Gasteiger partial charge in [-0.1, -0.05) is 6.07 Å². The van der Waals surface area contributed by atoms with E-state index in [0.29, 0.717) is 17.7 Å². The number of aryl methyl sites for hydroxylation is 1. The van der Waals surface area contributed by atoms with Crippen LogP contribution in [0.2, 0.25) is 0 Å². The predicted octanol–water partition coefficient (Wildman–Crippen LogP) is 1.21. The van der Waals surface area contributed by atoms with Gasteiger partial charge in [-0.15, -0.1) is 0 Å². The molecule has 4 heteroatoms. The van der Waals surface area contributed by atoms with E-state index in [1.54, 1.807) is 6.20 Å². The maximum atomic E-state index is 12.4. The summed E-state index contributed by atoms with van der Waals surface area (Å²) in [6.45, 7) is 4.75. The number of pyridine rings is 1. The zero-order valence-electron chi connectivity index (χ0n) is 10.7. The lowest BCUT2D eigenvalue weighted by Crippen LogP contribution is -2.41. The van der Waals surface area contributed by atoms with Gasteiger partial charge in [0.25, 0.3) is 5.91 Å². The molecule has 4 nitrogen and oxygen atoms in total. The van der Waals surface area contributed by atoms with Crippen LogP contribution < -0.4 is 5.32 Å². The van der Waals surface area contributed by atoms with E-state index in [2.05, 4.69) is 10.3 Å². The summed E-state index contributed by atoms with van der Waals surface area (Å²) < 4.78 is 0. The van der Waals surface area contributed by atoms with Gasteiger partial charge in [0.15, 0.2) is 0 Å². The van der Waals surface area contributed by atoms with Crippen LogP contribution in [-0.2, 0) is 0 Å². The first-order valence-corrected chi connectivity index (χ1v) is 6.70. The molecule has 3 heterocycles. The molecule has 2 fully saturated rings. The largest absolute Gasteiger partial charge is 0.335 e. The van der Waals surface area contributed by atoms with Gasteiger partial charge in [0.05, 0.1) is 0 Å². The third kappa shape index (κ3) is 2.01. The van der Waals surface area contributed by atoms with Gasteiger partial charge in [-0.3, -0.25) is 9.78 Å². The summed E-state index contributed by atoms with van der Waals surface area (Å²) >= 11 is 0. The van der Waals surface area contributed by atoms with Crippen molar-refractivity contribution in [3.8, 4) is 0 Å². The first kappa shape index (κ1) is 11.7. The summed E-state index contributed by atoms with van der Waals surface area (Å²) in [5.41, 5.74) is 1.57. The molecule has 0 aliphatic carbocycles. The van der Waals surface area contributed by atoms with Gasteiger partial charge >= 0.3 is 0 Å². The highest BCUT2D eigenvalue weighted by atomic mass is 16.2. The van der Waals surface area contributed by atoms with E-state index in [0.717, 1.165) is 25.2 Å². The van der Waals surface area contributed by atoms with Gasteiger partial charge < -0.3 is 10.2 Å². The van der Waals surface area contributed by atoms with Crippen molar-refractivity contribution in [2.75, 3.05) is 19.6 Å². The maximum Gasteiger partial charge on any atom is 0.272 e. The lowest BCUT2D eigenvalue weighted by molar-refractivity contribution is 0.0779. The molecule has 1 aromatic heterocycles. The molecule has 1 N–H and O–H groups in total. The normalized spacial score (nSPS) is 27.1. The number of piperidine rings is 1. The molecule has 0 aromatic carbocycles. The summed E-state index contributed by atoms with van der Waals surface area (Å²) in [4.78, 5) is 18.6. The van der Waals surface area contributed by atoms with Crippen molar-refractivity contribution < 1.29 is 4.79 Å². The number of hydrogen-bond acceptors (Lipinski definition) is 3. The maximum absolute atomic E-state index is 12.4. The Morgan fingerprint density at radius 3 is 3.17 bits per heavy atom. The molecule has 1 amide bonds. The molecule has 0 bridgehead atoms. The van der Waals surface area contributed by atoms with E-state index >= 15 is 0 Å². The average Bonchev–Trinajstić information content (AvgIpc) is 2.82. The Balaban J connectivity index is 1.76. The van der Waals surface area contributed by atoms with E-state index in [-0.39, 0.29) is 5.91 Å².